The molecule has 1 heterocycles. The van der Waals surface area contributed by atoms with Gasteiger partial charge < -0.3 is 9.47 Å². The fraction of sp³-hybridized carbons (Fsp3) is 1.00. The second kappa shape index (κ2) is 3.95. The largest absolute Gasteiger partial charge is 0.349 e. The van der Waals surface area contributed by atoms with Gasteiger partial charge in [0.25, 0.3) is 0 Å². The maximum atomic E-state index is 5.59. The SMILES string of the molecule is CC(C)N(C)C1COC(C)(C)OC1. The Morgan fingerprint density at radius 3 is 2.08 bits per heavy atom. The lowest BCUT2D eigenvalue weighted by Crippen LogP contribution is -2.51. The highest BCUT2D eigenvalue weighted by atomic mass is 16.7. The molecule has 1 rings (SSSR count). The molecule has 78 valence electrons. The van der Waals surface area contributed by atoms with Gasteiger partial charge in [0.1, 0.15) is 0 Å². The van der Waals surface area contributed by atoms with E-state index in [9.17, 15) is 0 Å². The van der Waals surface area contributed by atoms with E-state index in [2.05, 4.69) is 25.8 Å². The summed E-state index contributed by atoms with van der Waals surface area (Å²) in [4.78, 5) is 2.29. The Kier molecular flexibility index (Phi) is 3.33. The molecule has 0 spiro atoms. The lowest BCUT2D eigenvalue weighted by Gasteiger charge is -2.40. The van der Waals surface area contributed by atoms with E-state index in [4.69, 9.17) is 9.47 Å². The summed E-state index contributed by atoms with van der Waals surface area (Å²) in [7, 11) is 2.11. The number of rotatable bonds is 2. The van der Waals surface area contributed by atoms with Gasteiger partial charge in [0.15, 0.2) is 5.79 Å². The van der Waals surface area contributed by atoms with E-state index in [0.29, 0.717) is 12.1 Å². The monoisotopic (exact) mass is 187 g/mol. The van der Waals surface area contributed by atoms with E-state index >= 15 is 0 Å². The van der Waals surface area contributed by atoms with Crippen LogP contribution in [0.4, 0.5) is 0 Å². The standard InChI is InChI=1S/C10H21NO2/c1-8(2)11(5)9-6-12-10(3,4)13-7-9/h8-9H,6-7H2,1-5H3. The third-order valence-electron chi connectivity index (χ3n) is 2.64. The summed E-state index contributed by atoms with van der Waals surface area (Å²) in [6.45, 7) is 9.81. The van der Waals surface area contributed by atoms with Crippen LogP contribution in [0.1, 0.15) is 27.7 Å². The van der Waals surface area contributed by atoms with Crippen LogP contribution >= 0.6 is 0 Å². The molecule has 1 aliphatic heterocycles. The molecule has 0 aromatic heterocycles. The molecule has 0 radical (unpaired) electrons. The summed E-state index contributed by atoms with van der Waals surface area (Å²) in [5.41, 5.74) is 0. The molecule has 3 nitrogen and oxygen atoms in total. The zero-order valence-corrected chi connectivity index (χ0v) is 9.33. The van der Waals surface area contributed by atoms with Gasteiger partial charge in [-0.15, -0.1) is 0 Å². The van der Waals surface area contributed by atoms with Gasteiger partial charge in [0.2, 0.25) is 0 Å². The summed E-state index contributed by atoms with van der Waals surface area (Å²) < 4.78 is 11.2. The molecule has 0 amide bonds. The van der Waals surface area contributed by atoms with Crippen molar-refractivity contribution in [2.24, 2.45) is 0 Å². The fourth-order valence-electron chi connectivity index (χ4n) is 1.34. The van der Waals surface area contributed by atoms with Gasteiger partial charge in [-0.1, -0.05) is 0 Å². The van der Waals surface area contributed by atoms with Crippen LogP contribution in [0.3, 0.4) is 0 Å². The van der Waals surface area contributed by atoms with Crippen molar-refractivity contribution >= 4 is 0 Å². The first-order valence-corrected chi connectivity index (χ1v) is 4.92. The minimum atomic E-state index is -0.395. The molecule has 0 N–H and O–H groups in total. The summed E-state index contributed by atoms with van der Waals surface area (Å²) in [5, 5.41) is 0. The molecule has 0 aromatic rings. The fourth-order valence-corrected chi connectivity index (χ4v) is 1.34. The molecule has 0 bridgehead atoms. The molecule has 13 heavy (non-hydrogen) atoms. The molecule has 1 aliphatic rings. The van der Waals surface area contributed by atoms with Gasteiger partial charge in [0, 0.05) is 6.04 Å². The van der Waals surface area contributed by atoms with E-state index in [1.807, 2.05) is 13.8 Å². The third kappa shape index (κ3) is 2.93. The molecule has 1 fully saturated rings. The third-order valence-corrected chi connectivity index (χ3v) is 2.64. The second-order valence-electron chi connectivity index (χ2n) is 4.43. The van der Waals surface area contributed by atoms with Crippen molar-refractivity contribution in [2.45, 2.75) is 45.6 Å². The lowest BCUT2D eigenvalue weighted by atomic mass is 10.2. The van der Waals surface area contributed by atoms with Crippen LogP contribution in [-0.2, 0) is 9.47 Å². The van der Waals surface area contributed by atoms with Crippen LogP contribution in [0.15, 0.2) is 0 Å². The lowest BCUT2D eigenvalue weighted by molar-refractivity contribution is -0.263. The van der Waals surface area contributed by atoms with Crippen molar-refractivity contribution in [1.29, 1.82) is 0 Å². The summed E-state index contributed by atoms with van der Waals surface area (Å²) in [6, 6.07) is 0.937. The van der Waals surface area contributed by atoms with E-state index in [1.54, 1.807) is 0 Å². The Balaban J connectivity index is 2.41. The van der Waals surface area contributed by atoms with Gasteiger partial charge in [-0.25, -0.2) is 0 Å². The predicted molar refractivity (Wildman–Crippen MR) is 52.7 cm³/mol. The smallest absolute Gasteiger partial charge is 0.162 e. The molecule has 1 saturated heterocycles. The quantitative estimate of drug-likeness (QED) is 0.653. The maximum Gasteiger partial charge on any atom is 0.162 e. The van der Waals surface area contributed by atoms with E-state index in [-0.39, 0.29) is 0 Å². The topological polar surface area (TPSA) is 21.7 Å². The molecular weight excluding hydrogens is 166 g/mol. The molecule has 0 atom stereocenters. The molecule has 3 heteroatoms. The number of hydrogen-bond donors (Lipinski definition) is 0. The highest BCUT2D eigenvalue weighted by Crippen LogP contribution is 2.19. The zero-order valence-electron chi connectivity index (χ0n) is 9.33. The average molecular weight is 187 g/mol. The Labute approximate surface area is 81.0 Å². The van der Waals surface area contributed by atoms with Crippen molar-refractivity contribution in [3.63, 3.8) is 0 Å². The Morgan fingerprint density at radius 1 is 1.23 bits per heavy atom. The Hall–Kier alpha value is -0.120. The first-order chi connectivity index (χ1) is 5.92. The minimum Gasteiger partial charge on any atom is -0.349 e. The van der Waals surface area contributed by atoms with Crippen LogP contribution < -0.4 is 0 Å². The number of nitrogens with zero attached hydrogens (tertiary/aromatic N) is 1. The first kappa shape index (κ1) is 11.0. The molecule has 0 aliphatic carbocycles. The van der Waals surface area contributed by atoms with Crippen molar-refractivity contribution in [3.8, 4) is 0 Å². The van der Waals surface area contributed by atoms with Crippen LogP contribution in [0.25, 0.3) is 0 Å². The van der Waals surface area contributed by atoms with Gasteiger partial charge in [-0.2, -0.15) is 0 Å². The minimum absolute atomic E-state index is 0.395. The van der Waals surface area contributed by atoms with Gasteiger partial charge in [0.05, 0.1) is 19.3 Å². The molecule has 0 unspecified atom stereocenters. The highest BCUT2D eigenvalue weighted by molar-refractivity contribution is 4.76. The number of ether oxygens (including phenoxy) is 2. The maximum absolute atomic E-state index is 5.59. The Bertz CT molecular complexity index is 158. The van der Waals surface area contributed by atoms with E-state index in [1.165, 1.54) is 0 Å². The van der Waals surface area contributed by atoms with E-state index in [0.717, 1.165) is 13.2 Å². The predicted octanol–water partition coefficient (Wildman–Crippen LogP) is 1.48. The normalized spacial score (nSPS) is 24.2. The Morgan fingerprint density at radius 2 is 1.69 bits per heavy atom. The van der Waals surface area contributed by atoms with E-state index < -0.39 is 5.79 Å². The van der Waals surface area contributed by atoms with Crippen molar-refractivity contribution in [3.05, 3.63) is 0 Å². The first-order valence-electron chi connectivity index (χ1n) is 4.92. The van der Waals surface area contributed by atoms with Crippen molar-refractivity contribution in [1.82, 2.24) is 4.90 Å². The van der Waals surface area contributed by atoms with Crippen LogP contribution in [0, 0.1) is 0 Å². The molecule has 0 aromatic carbocycles. The summed E-state index contributed by atoms with van der Waals surface area (Å²) in [5.74, 6) is -0.395. The molecule has 0 saturated carbocycles. The van der Waals surface area contributed by atoms with Crippen LogP contribution in [0.2, 0.25) is 0 Å². The number of likely N-dealkylation sites (N-methyl/N-ethyl adjacent to an activating group) is 1. The van der Waals surface area contributed by atoms with Crippen LogP contribution in [0.5, 0.6) is 0 Å². The second-order valence-corrected chi connectivity index (χ2v) is 4.43. The zero-order chi connectivity index (χ0) is 10.1. The number of hydrogen-bond acceptors (Lipinski definition) is 3. The summed E-state index contributed by atoms with van der Waals surface area (Å²) >= 11 is 0. The van der Waals surface area contributed by atoms with Crippen molar-refractivity contribution in [2.75, 3.05) is 20.3 Å². The van der Waals surface area contributed by atoms with Crippen molar-refractivity contribution < 1.29 is 9.47 Å². The van der Waals surface area contributed by atoms with Crippen LogP contribution in [-0.4, -0.2) is 43.0 Å². The van der Waals surface area contributed by atoms with Gasteiger partial charge >= 0.3 is 0 Å². The average Bonchev–Trinajstić information content (AvgIpc) is 2.03. The van der Waals surface area contributed by atoms with Gasteiger partial charge in [-0.3, -0.25) is 4.90 Å². The highest BCUT2D eigenvalue weighted by Gasteiger charge is 2.30. The van der Waals surface area contributed by atoms with Gasteiger partial charge in [-0.05, 0) is 34.7 Å². The summed E-state index contributed by atoms with van der Waals surface area (Å²) in [6.07, 6.45) is 0. The molecular formula is C10H21NO2.